The lowest BCUT2D eigenvalue weighted by molar-refractivity contribution is -0.131. The fourth-order valence-corrected chi connectivity index (χ4v) is 2.76. The van der Waals surface area contributed by atoms with Crippen molar-refractivity contribution in [3.8, 4) is 0 Å². The van der Waals surface area contributed by atoms with Gasteiger partial charge in [-0.25, -0.2) is 4.79 Å². The van der Waals surface area contributed by atoms with Crippen LogP contribution in [-0.2, 0) is 9.59 Å². The van der Waals surface area contributed by atoms with Crippen molar-refractivity contribution < 1.29 is 14.7 Å². The third-order valence-electron chi connectivity index (χ3n) is 3.63. The van der Waals surface area contributed by atoms with E-state index in [1.807, 2.05) is 12.1 Å². The van der Waals surface area contributed by atoms with Gasteiger partial charge in [0.1, 0.15) is 0 Å². The number of nitrogens with two attached hydrogens (primary N) is 1. The molecule has 1 aliphatic rings. The van der Waals surface area contributed by atoms with Gasteiger partial charge in [-0.05, 0) is 36.6 Å². The van der Waals surface area contributed by atoms with Gasteiger partial charge in [0.2, 0.25) is 5.91 Å². The highest BCUT2D eigenvalue weighted by Crippen LogP contribution is 2.30. The lowest BCUT2D eigenvalue weighted by atomic mass is 9.96. The normalized spacial score (nSPS) is 16.3. The number of aliphatic carboxylic acids is 1. The number of benzene rings is 1. The number of hydrogen-bond acceptors (Lipinski definition) is 3. The molecule has 1 saturated heterocycles. The summed E-state index contributed by atoms with van der Waals surface area (Å²) in [4.78, 5) is 23.8. The molecule has 1 aliphatic heterocycles. The van der Waals surface area contributed by atoms with Gasteiger partial charge in [-0.1, -0.05) is 17.7 Å². The molecule has 0 spiro atoms. The summed E-state index contributed by atoms with van der Waals surface area (Å²) in [5.74, 6) is -1.29. The molecular formula is C15H17ClN2O3. The first-order valence-electron chi connectivity index (χ1n) is 6.72. The van der Waals surface area contributed by atoms with Gasteiger partial charge in [0.05, 0.1) is 10.7 Å². The molecule has 0 bridgehead atoms. The molecule has 0 unspecified atom stereocenters. The second-order valence-electron chi connectivity index (χ2n) is 5.05. The number of hydrogen-bond donors (Lipinski definition) is 2. The summed E-state index contributed by atoms with van der Waals surface area (Å²) in [5.41, 5.74) is 6.95. The van der Waals surface area contributed by atoms with E-state index in [0.29, 0.717) is 5.02 Å². The summed E-state index contributed by atoms with van der Waals surface area (Å²) in [6.45, 7) is 1.47. The number of carboxylic acid groups (broad SMARTS) is 1. The average Bonchev–Trinajstić information content (AvgIpc) is 2.45. The molecule has 6 heteroatoms. The zero-order valence-electron chi connectivity index (χ0n) is 11.5. The largest absolute Gasteiger partial charge is 0.478 e. The van der Waals surface area contributed by atoms with Crippen molar-refractivity contribution in [2.75, 3.05) is 18.0 Å². The summed E-state index contributed by atoms with van der Waals surface area (Å²) in [5, 5.41) is 9.18. The molecule has 1 fully saturated rings. The molecule has 1 amide bonds. The average molecular weight is 309 g/mol. The molecule has 2 rings (SSSR count). The quantitative estimate of drug-likeness (QED) is 0.835. The van der Waals surface area contributed by atoms with Crippen LogP contribution >= 0.6 is 11.6 Å². The highest BCUT2D eigenvalue weighted by Gasteiger charge is 2.24. The van der Waals surface area contributed by atoms with Gasteiger partial charge >= 0.3 is 5.97 Å². The molecule has 0 aliphatic carbocycles. The predicted octanol–water partition coefficient (Wildman–Crippen LogP) is 2.14. The third-order valence-corrected chi connectivity index (χ3v) is 3.93. The van der Waals surface area contributed by atoms with Crippen LogP contribution in [0.1, 0.15) is 18.4 Å². The number of amides is 1. The van der Waals surface area contributed by atoms with Crippen molar-refractivity contribution in [2.45, 2.75) is 12.8 Å². The molecule has 3 N–H and O–H groups in total. The predicted molar refractivity (Wildman–Crippen MR) is 82.3 cm³/mol. The first-order valence-corrected chi connectivity index (χ1v) is 7.10. The Kier molecular flexibility index (Phi) is 4.85. The number of primary amides is 1. The maximum absolute atomic E-state index is 11.2. The highest BCUT2D eigenvalue weighted by molar-refractivity contribution is 6.33. The molecule has 1 aromatic rings. The number of piperidine rings is 1. The summed E-state index contributed by atoms with van der Waals surface area (Å²) >= 11 is 6.26. The Labute approximate surface area is 128 Å². The molecule has 21 heavy (non-hydrogen) atoms. The van der Waals surface area contributed by atoms with Crippen LogP contribution in [0.15, 0.2) is 24.3 Å². The van der Waals surface area contributed by atoms with Gasteiger partial charge in [0, 0.05) is 25.1 Å². The van der Waals surface area contributed by atoms with Crippen molar-refractivity contribution in [3.63, 3.8) is 0 Å². The van der Waals surface area contributed by atoms with Gasteiger partial charge in [-0.2, -0.15) is 0 Å². The van der Waals surface area contributed by atoms with E-state index in [4.69, 9.17) is 22.4 Å². The minimum atomic E-state index is -0.997. The Morgan fingerprint density at radius 3 is 2.52 bits per heavy atom. The smallest absolute Gasteiger partial charge is 0.328 e. The van der Waals surface area contributed by atoms with Crippen LogP contribution in [-0.4, -0.2) is 30.1 Å². The number of rotatable bonds is 4. The van der Waals surface area contributed by atoms with Crippen molar-refractivity contribution in [1.82, 2.24) is 0 Å². The maximum Gasteiger partial charge on any atom is 0.328 e. The molecule has 1 heterocycles. The van der Waals surface area contributed by atoms with Crippen molar-refractivity contribution in [1.29, 1.82) is 0 Å². The summed E-state index contributed by atoms with van der Waals surface area (Å²) < 4.78 is 0. The van der Waals surface area contributed by atoms with E-state index in [-0.39, 0.29) is 11.8 Å². The van der Waals surface area contributed by atoms with E-state index >= 15 is 0 Å². The Morgan fingerprint density at radius 1 is 1.33 bits per heavy atom. The zero-order valence-corrected chi connectivity index (χ0v) is 12.2. The maximum atomic E-state index is 11.2. The molecule has 0 radical (unpaired) electrons. The second-order valence-corrected chi connectivity index (χ2v) is 5.45. The minimum Gasteiger partial charge on any atom is -0.478 e. The van der Waals surface area contributed by atoms with Crippen LogP contribution in [0.4, 0.5) is 5.69 Å². The molecular weight excluding hydrogens is 292 g/mol. The number of halogens is 1. The summed E-state index contributed by atoms with van der Waals surface area (Å²) in [6, 6.07) is 5.42. The number of carboxylic acids is 1. The van der Waals surface area contributed by atoms with Crippen molar-refractivity contribution in [3.05, 3.63) is 34.9 Å². The van der Waals surface area contributed by atoms with E-state index in [1.165, 1.54) is 6.08 Å². The minimum absolute atomic E-state index is 0.0576. The van der Waals surface area contributed by atoms with E-state index in [0.717, 1.165) is 43.3 Å². The molecule has 0 atom stereocenters. The molecule has 0 aromatic heterocycles. The van der Waals surface area contributed by atoms with Gasteiger partial charge in [-0.15, -0.1) is 0 Å². The number of anilines is 1. The van der Waals surface area contributed by atoms with Crippen LogP contribution in [0.2, 0.25) is 5.02 Å². The van der Waals surface area contributed by atoms with E-state index in [9.17, 15) is 9.59 Å². The molecule has 1 aromatic carbocycles. The summed E-state index contributed by atoms with van der Waals surface area (Å²) in [6.07, 6.45) is 4.03. The Morgan fingerprint density at radius 2 is 2.00 bits per heavy atom. The number of nitrogens with zero attached hydrogens (tertiary/aromatic N) is 1. The second kappa shape index (κ2) is 6.63. The first-order chi connectivity index (χ1) is 9.97. The summed E-state index contributed by atoms with van der Waals surface area (Å²) in [7, 11) is 0. The fourth-order valence-electron chi connectivity index (χ4n) is 2.46. The first kappa shape index (κ1) is 15.4. The van der Waals surface area contributed by atoms with Crippen LogP contribution in [0.25, 0.3) is 6.08 Å². The van der Waals surface area contributed by atoms with Gasteiger partial charge in [-0.3, -0.25) is 4.79 Å². The monoisotopic (exact) mass is 308 g/mol. The van der Waals surface area contributed by atoms with Gasteiger partial charge in [0.15, 0.2) is 0 Å². The van der Waals surface area contributed by atoms with Crippen molar-refractivity contribution >= 4 is 35.2 Å². The van der Waals surface area contributed by atoms with Crippen molar-refractivity contribution in [2.24, 2.45) is 11.7 Å². The molecule has 0 saturated carbocycles. The Bertz CT molecular complexity index is 578. The molecule has 112 valence electrons. The number of carbonyl (C=O) groups is 2. The number of carbonyl (C=O) groups excluding carboxylic acids is 1. The SMILES string of the molecule is NC(=O)C1CCN(c2ccc(/C=C/C(=O)O)cc2Cl)CC1. The van der Waals surface area contributed by atoms with Crippen LogP contribution < -0.4 is 10.6 Å². The highest BCUT2D eigenvalue weighted by atomic mass is 35.5. The van der Waals surface area contributed by atoms with E-state index in [1.54, 1.807) is 6.07 Å². The standard InChI is InChI=1S/C15H17ClN2O3/c16-12-9-10(2-4-14(19)20)1-3-13(12)18-7-5-11(6-8-18)15(17)21/h1-4,9,11H,5-8H2,(H2,17,21)(H,19,20)/b4-2+. The Hall–Kier alpha value is -2.01. The van der Waals surface area contributed by atoms with Crippen LogP contribution in [0, 0.1) is 5.92 Å². The van der Waals surface area contributed by atoms with Crippen LogP contribution in [0.5, 0.6) is 0 Å². The van der Waals surface area contributed by atoms with E-state index < -0.39 is 5.97 Å². The van der Waals surface area contributed by atoms with Gasteiger partial charge in [0.25, 0.3) is 0 Å². The third kappa shape index (κ3) is 3.98. The lowest BCUT2D eigenvalue weighted by Crippen LogP contribution is -2.38. The zero-order chi connectivity index (χ0) is 15.4. The van der Waals surface area contributed by atoms with Crippen LogP contribution in [0.3, 0.4) is 0 Å². The molecule has 5 nitrogen and oxygen atoms in total. The van der Waals surface area contributed by atoms with Gasteiger partial charge < -0.3 is 15.7 Å². The topological polar surface area (TPSA) is 83.6 Å². The van der Waals surface area contributed by atoms with E-state index in [2.05, 4.69) is 4.90 Å². The Balaban J connectivity index is 2.08. The lowest BCUT2D eigenvalue weighted by Gasteiger charge is -2.33. The fraction of sp³-hybridized carbons (Fsp3) is 0.333.